The predicted octanol–water partition coefficient (Wildman–Crippen LogP) is 2.13. The third-order valence-corrected chi connectivity index (χ3v) is 3.68. The highest BCUT2D eigenvalue weighted by atomic mass is 16.5. The van der Waals surface area contributed by atoms with Gasteiger partial charge in [-0.25, -0.2) is 0 Å². The number of rotatable bonds is 9. The lowest BCUT2D eigenvalue weighted by Crippen LogP contribution is -2.37. The molecule has 0 unspecified atom stereocenters. The Kier molecular flexibility index (Phi) is 7.85. The monoisotopic (exact) mass is 344 g/mol. The predicted molar refractivity (Wildman–Crippen MR) is 101 cm³/mol. The number of ether oxygens (including phenoxy) is 1. The van der Waals surface area contributed by atoms with E-state index in [4.69, 9.17) is 9.15 Å². The first-order valence-corrected chi connectivity index (χ1v) is 8.51. The van der Waals surface area contributed by atoms with Crippen molar-refractivity contribution in [1.82, 2.24) is 15.5 Å². The number of guanidine groups is 1. The van der Waals surface area contributed by atoms with Crippen LogP contribution in [0.3, 0.4) is 0 Å². The molecule has 0 aliphatic carbocycles. The Balaban J connectivity index is 1.80. The van der Waals surface area contributed by atoms with Crippen molar-refractivity contribution < 1.29 is 9.15 Å². The van der Waals surface area contributed by atoms with Gasteiger partial charge in [0.05, 0.1) is 6.26 Å². The first-order valence-electron chi connectivity index (χ1n) is 8.51. The summed E-state index contributed by atoms with van der Waals surface area (Å²) in [5.74, 6) is 2.63. The zero-order chi connectivity index (χ0) is 17.9. The van der Waals surface area contributed by atoms with Crippen LogP contribution < -0.4 is 15.4 Å². The van der Waals surface area contributed by atoms with Crippen LogP contribution in [0.15, 0.2) is 52.1 Å². The first-order chi connectivity index (χ1) is 12.2. The molecule has 136 valence electrons. The molecule has 25 heavy (non-hydrogen) atoms. The number of aliphatic imine (C=N–C) groups is 1. The summed E-state index contributed by atoms with van der Waals surface area (Å²) in [4.78, 5) is 6.36. The van der Waals surface area contributed by atoms with Gasteiger partial charge in [0.15, 0.2) is 5.96 Å². The van der Waals surface area contributed by atoms with Crippen LogP contribution in [0.1, 0.15) is 11.3 Å². The summed E-state index contributed by atoms with van der Waals surface area (Å²) in [5, 5.41) is 6.61. The second kappa shape index (κ2) is 10.4. The van der Waals surface area contributed by atoms with E-state index in [1.807, 2.05) is 44.4 Å². The second-order valence-corrected chi connectivity index (χ2v) is 5.94. The van der Waals surface area contributed by atoms with Crippen LogP contribution in [-0.2, 0) is 13.0 Å². The van der Waals surface area contributed by atoms with Crippen LogP contribution >= 0.6 is 0 Å². The van der Waals surface area contributed by atoms with E-state index in [9.17, 15) is 0 Å². The molecular weight excluding hydrogens is 316 g/mol. The Morgan fingerprint density at radius 1 is 1.16 bits per heavy atom. The summed E-state index contributed by atoms with van der Waals surface area (Å²) in [6.07, 6.45) is 2.51. The smallest absolute Gasteiger partial charge is 0.191 e. The third kappa shape index (κ3) is 6.89. The maximum absolute atomic E-state index is 5.89. The van der Waals surface area contributed by atoms with E-state index in [1.165, 1.54) is 0 Å². The van der Waals surface area contributed by atoms with Gasteiger partial charge in [0.2, 0.25) is 0 Å². The van der Waals surface area contributed by atoms with E-state index in [0.29, 0.717) is 13.2 Å². The highest BCUT2D eigenvalue weighted by Crippen LogP contribution is 2.17. The quantitative estimate of drug-likeness (QED) is 0.539. The fraction of sp³-hybridized carbons (Fsp3) is 0.421. The minimum absolute atomic E-state index is 0.651. The fourth-order valence-corrected chi connectivity index (χ4v) is 2.29. The summed E-state index contributed by atoms with van der Waals surface area (Å²) in [5.41, 5.74) is 1.11. The molecule has 6 heteroatoms. The van der Waals surface area contributed by atoms with E-state index < -0.39 is 0 Å². The van der Waals surface area contributed by atoms with E-state index in [-0.39, 0.29) is 0 Å². The van der Waals surface area contributed by atoms with Crippen molar-refractivity contribution in [2.75, 3.05) is 40.8 Å². The van der Waals surface area contributed by atoms with E-state index in [2.05, 4.69) is 26.6 Å². The number of furan rings is 1. The lowest BCUT2D eigenvalue weighted by molar-refractivity contribution is 0.259. The van der Waals surface area contributed by atoms with Crippen LogP contribution in [0.5, 0.6) is 5.75 Å². The molecule has 0 bridgehead atoms. The van der Waals surface area contributed by atoms with Crippen LogP contribution in [-0.4, -0.2) is 51.7 Å². The van der Waals surface area contributed by atoms with Crippen molar-refractivity contribution in [1.29, 1.82) is 0 Å². The number of nitrogens with zero attached hydrogens (tertiary/aromatic N) is 2. The van der Waals surface area contributed by atoms with Crippen molar-refractivity contribution in [3.8, 4) is 5.75 Å². The van der Waals surface area contributed by atoms with Crippen molar-refractivity contribution >= 4 is 5.96 Å². The molecule has 1 heterocycles. The van der Waals surface area contributed by atoms with Crippen LogP contribution in [0, 0.1) is 0 Å². The maximum Gasteiger partial charge on any atom is 0.191 e. The number of hydrogen-bond acceptors (Lipinski definition) is 4. The zero-order valence-corrected chi connectivity index (χ0v) is 15.3. The third-order valence-electron chi connectivity index (χ3n) is 3.68. The Morgan fingerprint density at radius 3 is 2.72 bits per heavy atom. The Bertz CT molecular complexity index is 639. The standard InChI is InChI=1S/C19H28N4O2/c1-20-19(21-11-10-17-8-6-13-24-17)22-15-16-7-4-5-9-18(16)25-14-12-23(2)3/h4-9,13H,10-12,14-15H2,1-3H3,(H2,20,21,22). The first kappa shape index (κ1) is 18.9. The maximum atomic E-state index is 5.89. The van der Waals surface area contributed by atoms with E-state index in [1.54, 1.807) is 13.3 Å². The van der Waals surface area contributed by atoms with E-state index in [0.717, 1.165) is 42.5 Å². The van der Waals surface area contributed by atoms with Gasteiger partial charge in [0.1, 0.15) is 18.1 Å². The van der Waals surface area contributed by atoms with Crippen LogP contribution in [0.4, 0.5) is 0 Å². The molecule has 0 radical (unpaired) electrons. The summed E-state index contributed by atoms with van der Waals surface area (Å²) in [7, 11) is 5.84. The highest BCUT2D eigenvalue weighted by molar-refractivity contribution is 5.79. The number of hydrogen-bond donors (Lipinski definition) is 2. The second-order valence-electron chi connectivity index (χ2n) is 5.94. The van der Waals surface area contributed by atoms with Gasteiger partial charge in [0, 0.05) is 38.7 Å². The molecule has 0 atom stereocenters. The summed E-state index contributed by atoms with van der Waals surface area (Å²) in [6.45, 7) is 2.96. The Hall–Kier alpha value is -2.47. The van der Waals surface area contributed by atoms with Gasteiger partial charge in [-0.1, -0.05) is 18.2 Å². The largest absolute Gasteiger partial charge is 0.492 e. The van der Waals surface area contributed by atoms with Crippen LogP contribution in [0.2, 0.25) is 0 Å². The summed E-state index contributed by atoms with van der Waals surface area (Å²) >= 11 is 0. The molecule has 0 spiro atoms. The molecule has 0 fully saturated rings. The van der Waals surface area contributed by atoms with Crippen molar-refractivity contribution in [2.45, 2.75) is 13.0 Å². The van der Waals surface area contributed by atoms with Crippen molar-refractivity contribution in [3.63, 3.8) is 0 Å². The molecule has 1 aromatic carbocycles. The molecule has 0 aliphatic rings. The van der Waals surface area contributed by atoms with Crippen molar-refractivity contribution in [3.05, 3.63) is 54.0 Å². The molecule has 0 amide bonds. The molecule has 0 aliphatic heterocycles. The summed E-state index contributed by atoms with van der Waals surface area (Å²) < 4.78 is 11.2. The van der Waals surface area contributed by atoms with Gasteiger partial charge >= 0.3 is 0 Å². The molecular formula is C19H28N4O2. The van der Waals surface area contributed by atoms with Gasteiger partial charge in [-0.3, -0.25) is 4.99 Å². The van der Waals surface area contributed by atoms with Gasteiger partial charge in [-0.05, 0) is 32.3 Å². The highest BCUT2D eigenvalue weighted by Gasteiger charge is 2.05. The number of benzene rings is 1. The SMILES string of the molecule is CN=C(NCCc1ccco1)NCc1ccccc1OCCN(C)C. The minimum Gasteiger partial charge on any atom is -0.492 e. The molecule has 0 saturated carbocycles. The molecule has 2 rings (SSSR count). The summed E-state index contributed by atoms with van der Waals surface area (Å²) in [6, 6.07) is 11.9. The minimum atomic E-state index is 0.651. The topological polar surface area (TPSA) is 62.0 Å². The van der Waals surface area contributed by atoms with E-state index >= 15 is 0 Å². The normalized spacial score (nSPS) is 11.6. The van der Waals surface area contributed by atoms with Crippen LogP contribution in [0.25, 0.3) is 0 Å². The Labute approximate surface area is 149 Å². The number of nitrogens with one attached hydrogen (secondary N) is 2. The van der Waals surface area contributed by atoms with Gasteiger partial charge in [-0.15, -0.1) is 0 Å². The zero-order valence-electron chi connectivity index (χ0n) is 15.3. The fourth-order valence-electron chi connectivity index (χ4n) is 2.29. The van der Waals surface area contributed by atoms with Gasteiger partial charge in [-0.2, -0.15) is 0 Å². The average Bonchev–Trinajstić information content (AvgIpc) is 3.12. The lowest BCUT2D eigenvalue weighted by atomic mass is 10.2. The average molecular weight is 344 g/mol. The van der Waals surface area contributed by atoms with Gasteiger partial charge < -0.3 is 24.7 Å². The molecule has 0 saturated heterocycles. The van der Waals surface area contributed by atoms with Crippen molar-refractivity contribution in [2.24, 2.45) is 4.99 Å². The Morgan fingerprint density at radius 2 is 2.00 bits per heavy atom. The lowest BCUT2D eigenvalue weighted by Gasteiger charge is -2.16. The molecule has 2 aromatic rings. The molecule has 2 N–H and O–H groups in total. The number of para-hydroxylation sites is 1. The molecule has 1 aromatic heterocycles. The number of likely N-dealkylation sites (N-methyl/N-ethyl adjacent to an activating group) is 1. The molecule has 6 nitrogen and oxygen atoms in total. The van der Waals surface area contributed by atoms with Gasteiger partial charge in [0.25, 0.3) is 0 Å².